The normalized spacial score (nSPS) is 10.4. The Bertz CT molecular complexity index is 489. The highest BCUT2D eigenvalue weighted by molar-refractivity contribution is 5.37. The first-order valence-electron chi connectivity index (χ1n) is 5.17. The van der Waals surface area contributed by atoms with Crippen molar-refractivity contribution >= 4 is 17.8 Å². The van der Waals surface area contributed by atoms with Crippen LogP contribution in [0.5, 0.6) is 0 Å². The van der Waals surface area contributed by atoms with Crippen LogP contribution in [0.25, 0.3) is 0 Å². The molecule has 2 aromatic heterocycles. The molecule has 0 spiro atoms. The third-order valence-corrected chi connectivity index (χ3v) is 2.31. The highest BCUT2D eigenvalue weighted by atomic mass is 16.3. The molecular weight excluding hydrogens is 220 g/mol. The fraction of sp³-hybridized carbons (Fsp3) is 0.300. The topological polar surface area (TPSA) is 116 Å². The van der Waals surface area contributed by atoms with Gasteiger partial charge in [0, 0.05) is 6.54 Å². The number of furan rings is 1. The Balaban J connectivity index is 1.92. The number of hydrogen-bond donors (Lipinski definition) is 3. The van der Waals surface area contributed by atoms with E-state index in [4.69, 9.17) is 15.9 Å². The fourth-order valence-corrected chi connectivity index (χ4v) is 1.44. The zero-order chi connectivity index (χ0) is 12.3. The van der Waals surface area contributed by atoms with Crippen LogP contribution >= 0.6 is 0 Å². The fourth-order valence-electron chi connectivity index (χ4n) is 1.44. The molecule has 0 bridgehead atoms. The summed E-state index contributed by atoms with van der Waals surface area (Å²) >= 11 is 0. The zero-order valence-electron chi connectivity index (χ0n) is 9.47. The molecule has 90 valence electrons. The number of nitrogens with one attached hydrogen (secondary N) is 1. The predicted molar refractivity (Wildman–Crippen MR) is 64.3 cm³/mol. The third-order valence-electron chi connectivity index (χ3n) is 2.31. The second-order valence-corrected chi connectivity index (χ2v) is 3.63. The molecule has 0 atom stereocenters. The van der Waals surface area contributed by atoms with Crippen molar-refractivity contribution in [1.29, 1.82) is 0 Å². The quantitative estimate of drug-likeness (QED) is 0.708. The molecule has 0 radical (unpaired) electrons. The van der Waals surface area contributed by atoms with Crippen LogP contribution in [-0.4, -0.2) is 21.5 Å². The van der Waals surface area contributed by atoms with Crippen molar-refractivity contribution in [2.75, 3.05) is 23.3 Å². The maximum atomic E-state index is 5.45. The lowest BCUT2D eigenvalue weighted by Crippen LogP contribution is -2.11. The number of nitrogens with zero attached hydrogens (tertiary/aromatic N) is 3. The standard InChI is InChI=1S/C10H14N6O/c1-6-4-17-5-7(6)2-3-13-10-15-8(11)14-9(12)16-10/h4-5H,2-3H2,1H3,(H5,11,12,13,14,15,16). The van der Waals surface area contributed by atoms with Gasteiger partial charge in [-0.05, 0) is 24.5 Å². The van der Waals surface area contributed by atoms with E-state index in [1.807, 2.05) is 6.92 Å². The first kappa shape index (κ1) is 11.2. The van der Waals surface area contributed by atoms with Crippen LogP contribution in [-0.2, 0) is 6.42 Å². The second kappa shape index (κ2) is 4.69. The van der Waals surface area contributed by atoms with Gasteiger partial charge in [-0.2, -0.15) is 15.0 Å². The second-order valence-electron chi connectivity index (χ2n) is 3.63. The summed E-state index contributed by atoms with van der Waals surface area (Å²) in [5.41, 5.74) is 13.2. The molecule has 2 aromatic rings. The number of nitrogen functional groups attached to an aromatic ring is 2. The summed E-state index contributed by atoms with van der Waals surface area (Å²) in [6.45, 7) is 2.67. The molecule has 0 amide bonds. The van der Waals surface area contributed by atoms with Crippen molar-refractivity contribution < 1.29 is 4.42 Å². The lowest BCUT2D eigenvalue weighted by molar-refractivity contribution is 0.562. The van der Waals surface area contributed by atoms with Crippen LogP contribution in [0.4, 0.5) is 17.8 Å². The highest BCUT2D eigenvalue weighted by Gasteiger charge is 2.03. The maximum absolute atomic E-state index is 5.45. The van der Waals surface area contributed by atoms with Gasteiger partial charge in [-0.25, -0.2) is 0 Å². The number of anilines is 3. The Morgan fingerprint density at radius 2 is 1.88 bits per heavy atom. The van der Waals surface area contributed by atoms with Gasteiger partial charge in [0.25, 0.3) is 0 Å². The number of rotatable bonds is 4. The van der Waals surface area contributed by atoms with Crippen molar-refractivity contribution in [2.45, 2.75) is 13.3 Å². The Morgan fingerprint density at radius 3 is 2.47 bits per heavy atom. The van der Waals surface area contributed by atoms with Crippen molar-refractivity contribution in [3.8, 4) is 0 Å². The van der Waals surface area contributed by atoms with Crippen molar-refractivity contribution in [3.05, 3.63) is 23.7 Å². The van der Waals surface area contributed by atoms with E-state index in [-0.39, 0.29) is 11.9 Å². The molecule has 0 saturated heterocycles. The molecule has 7 heteroatoms. The molecular formula is C10H14N6O. The summed E-state index contributed by atoms with van der Waals surface area (Å²) < 4.78 is 5.08. The summed E-state index contributed by atoms with van der Waals surface area (Å²) in [7, 11) is 0. The smallest absolute Gasteiger partial charge is 0.229 e. The van der Waals surface area contributed by atoms with Crippen molar-refractivity contribution in [3.63, 3.8) is 0 Å². The van der Waals surface area contributed by atoms with Gasteiger partial charge in [0.05, 0.1) is 12.5 Å². The molecule has 2 heterocycles. The van der Waals surface area contributed by atoms with Crippen LogP contribution in [0.3, 0.4) is 0 Å². The third kappa shape index (κ3) is 2.83. The van der Waals surface area contributed by atoms with Gasteiger partial charge in [0.1, 0.15) is 0 Å². The molecule has 0 unspecified atom stereocenters. The monoisotopic (exact) mass is 234 g/mol. The minimum Gasteiger partial charge on any atom is -0.472 e. The van der Waals surface area contributed by atoms with E-state index < -0.39 is 0 Å². The van der Waals surface area contributed by atoms with E-state index in [1.54, 1.807) is 12.5 Å². The van der Waals surface area contributed by atoms with Gasteiger partial charge in [-0.3, -0.25) is 0 Å². The van der Waals surface area contributed by atoms with E-state index in [0.717, 1.165) is 17.5 Å². The maximum Gasteiger partial charge on any atom is 0.229 e. The van der Waals surface area contributed by atoms with Crippen LogP contribution in [0.15, 0.2) is 16.9 Å². The number of nitrogens with two attached hydrogens (primary N) is 2. The Labute approximate surface area is 98.3 Å². The van der Waals surface area contributed by atoms with Crippen molar-refractivity contribution in [1.82, 2.24) is 15.0 Å². The van der Waals surface area contributed by atoms with Gasteiger partial charge >= 0.3 is 0 Å². The average molecular weight is 234 g/mol. The summed E-state index contributed by atoms with van der Waals surface area (Å²) in [5.74, 6) is 0.607. The largest absolute Gasteiger partial charge is 0.472 e. The summed E-state index contributed by atoms with van der Waals surface area (Å²) in [6, 6.07) is 0. The first-order chi connectivity index (χ1) is 8.15. The molecule has 7 nitrogen and oxygen atoms in total. The van der Waals surface area contributed by atoms with Crippen molar-refractivity contribution in [2.24, 2.45) is 0 Å². The molecule has 0 saturated carbocycles. The van der Waals surface area contributed by atoms with E-state index in [0.29, 0.717) is 12.5 Å². The molecule has 0 aliphatic rings. The minimum absolute atomic E-state index is 0.111. The molecule has 2 rings (SSSR count). The summed E-state index contributed by atoms with van der Waals surface area (Å²) in [5, 5.41) is 3.03. The summed E-state index contributed by atoms with van der Waals surface area (Å²) in [6.07, 6.45) is 4.26. The van der Waals surface area contributed by atoms with E-state index in [1.165, 1.54) is 0 Å². The Morgan fingerprint density at radius 1 is 1.18 bits per heavy atom. The summed E-state index contributed by atoms with van der Waals surface area (Å²) in [4.78, 5) is 11.5. The molecule has 0 aliphatic carbocycles. The van der Waals surface area contributed by atoms with Gasteiger partial charge in [-0.15, -0.1) is 0 Å². The Hall–Kier alpha value is -2.31. The molecule has 0 fully saturated rings. The SMILES string of the molecule is Cc1cocc1CCNc1nc(N)nc(N)n1. The molecule has 0 aliphatic heterocycles. The van der Waals surface area contributed by atoms with Crippen LogP contribution in [0.1, 0.15) is 11.1 Å². The van der Waals surface area contributed by atoms with E-state index in [9.17, 15) is 0 Å². The zero-order valence-corrected chi connectivity index (χ0v) is 9.47. The lowest BCUT2D eigenvalue weighted by Gasteiger charge is -2.04. The van der Waals surface area contributed by atoms with E-state index in [2.05, 4.69) is 20.3 Å². The van der Waals surface area contributed by atoms with Gasteiger partial charge in [0.15, 0.2) is 0 Å². The van der Waals surface area contributed by atoms with E-state index >= 15 is 0 Å². The molecule has 5 N–H and O–H groups in total. The lowest BCUT2D eigenvalue weighted by atomic mass is 10.1. The average Bonchev–Trinajstić information content (AvgIpc) is 2.63. The van der Waals surface area contributed by atoms with Gasteiger partial charge in [-0.1, -0.05) is 0 Å². The van der Waals surface area contributed by atoms with Crippen LogP contribution < -0.4 is 16.8 Å². The minimum atomic E-state index is 0.111. The van der Waals surface area contributed by atoms with Crippen LogP contribution in [0, 0.1) is 6.92 Å². The number of hydrogen-bond acceptors (Lipinski definition) is 7. The van der Waals surface area contributed by atoms with Crippen LogP contribution in [0.2, 0.25) is 0 Å². The highest BCUT2D eigenvalue weighted by Crippen LogP contribution is 2.10. The first-order valence-corrected chi connectivity index (χ1v) is 5.17. The van der Waals surface area contributed by atoms with Gasteiger partial charge < -0.3 is 21.2 Å². The number of aromatic nitrogens is 3. The molecule has 17 heavy (non-hydrogen) atoms. The van der Waals surface area contributed by atoms with Gasteiger partial charge in [0.2, 0.25) is 17.8 Å². The molecule has 0 aromatic carbocycles. The predicted octanol–water partition coefficient (Wildman–Crippen LogP) is 0.592. The Kier molecular flexibility index (Phi) is 3.08. The number of aryl methyl sites for hydroxylation is 1.